The van der Waals surface area contributed by atoms with Crippen LogP contribution in [-0.4, -0.2) is 4.98 Å². The monoisotopic (exact) mass is 218 g/mol. The van der Waals surface area contributed by atoms with Crippen LogP contribution in [-0.2, 0) is 13.1 Å². The van der Waals surface area contributed by atoms with Crippen molar-refractivity contribution in [3.05, 3.63) is 52.0 Å². The zero-order chi connectivity index (χ0) is 10.5. The molecule has 3 heteroatoms. The summed E-state index contributed by atoms with van der Waals surface area (Å²) in [5, 5.41) is 3.40. The van der Waals surface area contributed by atoms with E-state index in [0.717, 1.165) is 13.1 Å². The van der Waals surface area contributed by atoms with Crippen LogP contribution in [0.3, 0.4) is 0 Å². The van der Waals surface area contributed by atoms with Gasteiger partial charge in [0.25, 0.3) is 0 Å². The first-order chi connectivity index (χ1) is 7.34. The van der Waals surface area contributed by atoms with E-state index in [0.29, 0.717) is 0 Å². The van der Waals surface area contributed by atoms with Gasteiger partial charge in [-0.25, -0.2) is 0 Å². The highest BCUT2D eigenvalue weighted by molar-refractivity contribution is 7.09. The molecule has 2 rings (SSSR count). The maximum atomic E-state index is 4.04. The van der Waals surface area contributed by atoms with Gasteiger partial charge in [-0.2, -0.15) is 0 Å². The van der Waals surface area contributed by atoms with Crippen LogP contribution in [0.1, 0.15) is 16.0 Å². The summed E-state index contributed by atoms with van der Waals surface area (Å²) in [6.07, 6.45) is 1.91. The van der Waals surface area contributed by atoms with E-state index in [1.54, 1.807) is 11.3 Å². The second-order valence-corrected chi connectivity index (χ2v) is 4.53. The number of benzene rings is 1. The van der Waals surface area contributed by atoms with E-state index in [4.69, 9.17) is 0 Å². The highest BCUT2D eigenvalue weighted by Gasteiger charge is 1.95. The van der Waals surface area contributed by atoms with E-state index in [9.17, 15) is 0 Å². The molecule has 1 N–H and O–H groups in total. The molecule has 1 heterocycles. The Bertz CT molecular complexity index is 409. The first-order valence-corrected chi connectivity index (χ1v) is 5.86. The largest absolute Gasteiger partial charge is 0.308 e. The number of nitrogens with one attached hydrogen (secondary N) is 1. The second kappa shape index (κ2) is 5.05. The van der Waals surface area contributed by atoms with E-state index in [2.05, 4.69) is 41.5 Å². The molecule has 1 aromatic heterocycles. The fourth-order valence-corrected chi connectivity index (χ4v) is 2.05. The normalized spacial score (nSPS) is 10.5. The number of nitrogens with zero attached hydrogens (tertiary/aromatic N) is 1. The summed E-state index contributed by atoms with van der Waals surface area (Å²) < 4.78 is 0. The molecule has 0 aliphatic carbocycles. The van der Waals surface area contributed by atoms with Gasteiger partial charge in [0.2, 0.25) is 0 Å². The molecule has 15 heavy (non-hydrogen) atoms. The average molecular weight is 218 g/mol. The van der Waals surface area contributed by atoms with Gasteiger partial charge in [0.05, 0.1) is 5.51 Å². The van der Waals surface area contributed by atoms with Crippen molar-refractivity contribution in [1.29, 1.82) is 0 Å². The lowest BCUT2D eigenvalue weighted by atomic mass is 10.1. The lowest BCUT2D eigenvalue weighted by molar-refractivity contribution is 0.699. The van der Waals surface area contributed by atoms with Crippen LogP contribution >= 0.6 is 11.3 Å². The van der Waals surface area contributed by atoms with Crippen molar-refractivity contribution in [2.75, 3.05) is 0 Å². The van der Waals surface area contributed by atoms with Gasteiger partial charge in [-0.3, -0.25) is 4.98 Å². The molecule has 0 saturated heterocycles. The summed E-state index contributed by atoms with van der Waals surface area (Å²) in [6.45, 7) is 3.94. The Hall–Kier alpha value is -1.19. The van der Waals surface area contributed by atoms with Gasteiger partial charge < -0.3 is 5.32 Å². The highest BCUT2D eigenvalue weighted by atomic mass is 32.1. The Morgan fingerprint density at radius 3 is 3.00 bits per heavy atom. The van der Waals surface area contributed by atoms with Gasteiger partial charge >= 0.3 is 0 Å². The maximum Gasteiger partial charge on any atom is 0.0794 e. The molecule has 0 aliphatic heterocycles. The van der Waals surface area contributed by atoms with Crippen molar-refractivity contribution < 1.29 is 0 Å². The predicted octanol–water partition coefficient (Wildman–Crippen LogP) is 2.74. The van der Waals surface area contributed by atoms with E-state index < -0.39 is 0 Å². The number of hydrogen-bond acceptors (Lipinski definition) is 3. The highest BCUT2D eigenvalue weighted by Crippen LogP contribution is 2.06. The van der Waals surface area contributed by atoms with Crippen molar-refractivity contribution in [2.24, 2.45) is 0 Å². The van der Waals surface area contributed by atoms with Crippen LogP contribution in [0.4, 0.5) is 0 Å². The molecule has 0 spiro atoms. The first-order valence-electron chi connectivity index (χ1n) is 4.98. The third-order valence-corrected chi connectivity index (χ3v) is 2.97. The summed E-state index contributed by atoms with van der Waals surface area (Å²) in [7, 11) is 0. The molecular weight excluding hydrogens is 204 g/mol. The molecule has 2 nitrogen and oxygen atoms in total. The summed E-state index contributed by atoms with van der Waals surface area (Å²) in [5.41, 5.74) is 4.51. The SMILES string of the molecule is Cc1cccc(CNCc2cncs2)c1. The van der Waals surface area contributed by atoms with E-state index in [-0.39, 0.29) is 0 Å². The standard InChI is InChI=1S/C12H14N2S/c1-10-3-2-4-11(5-10)6-13-7-12-8-14-9-15-12/h2-5,8-9,13H,6-7H2,1H3. The lowest BCUT2D eigenvalue weighted by Crippen LogP contribution is -2.11. The molecule has 0 aliphatic rings. The first kappa shape index (κ1) is 10.3. The van der Waals surface area contributed by atoms with Crippen molar-refractivity contribution in [3.63, 3.8) is 0 Å². The molecule has 0 bridgehead atoms. The molecule has 0 fully saturated rings. The molecule has 2 aromatic rings. The second-order valence-electron chi connectivity index (χ2n) is 3.56. The molecule has 0 saturated carbocycles. The van der Waals surface area contributed by atoms with Gasteiger partial charge in [0.1, 0.15) is 0 Å². The van der Waals surface area contributed by atoms with Crippen LogP contribution < -0.4 is 5.32 Å². The van der Waals surface area contributed by atoms with Crippen molar-refractivity contribution in [3.8, 4) is 0 Å². The minimum absolute atomic E-state index is 0.901. The van der Waals surface area contributed by atoms with E-state index in [1.165, 1.54) is 16.0 Å². The van der Waals surface area contributed by atoms with Crippen LogP contribution in [0.15, 0.2) is 36.0 Å². The van der Waals surface area contributed by atoms with Crippen LogP contribution in [0, 0.1) is 6.92 Å². The Labute approximate surface area is 94.0 Å². The fraction of sp³-hybridized carbons (Fsp3) is 0.250. The van der Waals surface area contributed by atoms with E-state index >= 15 is 0 Å². The minimum atomic E-state index is 0.901. The number of aromatic nitrogens is 1. The Kier molecular flexibility index (Phi) is 3.48. The summed E-state index contributed by atoms with van der Waals surface area (Å²) in [6, 6.07) is 8.57. The number of hydrogen-bond donors (Lipinski definition) is 1. The number of thiazole rings is 1. The fourth-order valence-electron chi connectivity index (χ4n) is 1.48. The van der Waals surface area contributed by atoms with Gasteiger partial charge in [-0.1, -0.05) is 29.8 Å². The molecule has 0 radical (unpaired) electrons. The zero-order valence-electron chi connectivity index (χ0n) is 8.73. The molecule has 0 unspecified atom stereocenters. The van der Waals surface area contributed by atoms with Crippen LogP contribution in [0.25, 0.3) is 0 Å². The van der Waals surface area contributed by atoms with Gasteiger partial charge in [0, 0.05) is 24.2 Å². The molecule has 0 amide bonds. The third-order valence-electron chi connectivity index (χ3n) is 2.19. The predicted molar refractivity (Wildman–Crippen MR) is 63.8 cm³/mol. The Morgan fingerprint density at radius 1 is 1.33 bits per heavy atom. The molecule has 0 atom stereocenters. The van der Waals surface area contributed by atoms with Crippen molar-refractivity contribution in [1.82, 2.24) is 10.3 Å². The molecule has 1 aromatic carbocycles. The van der Waals surface area contributed by atoms with Crippen molar-refractivity contribution in [2.45, 2.75) is 20.0 Å². The Morgan fingerprint density at radius 2 is 2.27 bits per heavy atom. The number of aryl methyl sites for hydroxylation is 1. The van der Waals surface area contributed by atoms with Gasteiger partial charge in [-0.05, 0) is 12.5 Å². The van der Waals surface area contributed by atoms with E-state index in [1.807, 2.05) is 11.7 Å². The Balaban J connectivity index is 1.83. The topological polar surface area (TPSA) is 24.9 Å². The molecular formula is C12H14N2S. The molecule has 78 valence electrons. The van der Waals surface area contributed by atoms with Crippen molar-refractivity contribution >= 4 is 11.3 Å². The maximum absolute atomic E-state index is 4.04. The summed E-state index contributed by atoms with van der Waals surface area (Å²) in [4.78, 5) is 5.32. The number of rotatable bonds is 4. The average Bonchev–Trinajstić information content (AvgIpc) is 2.71. The van der Waals surface area contributed by atoms with Gasteiger partial charge in [-0.15, -0.1) is 11.3 Å². The smallest absolute Gasteiger partial charge is 0.0794 e. The van der Waals surface area contributed by atoms with Crippen LogP contribution in [0.5, 0.6) is 0 Å². The minimum Gasteiger partial charge on any atom is -0.308 e. The van der Waals surface area contributed by atoms with Gasteiger partial charge in [0.15, 0.2) is 0 Å². The summed E-state index contributed by atoms with van der Waals surface area (Å²) >= 11 is 1.69. The quantitative estimate of drug-likeness (QED) is 0.853. The lowest BCUT2D eigenvalue weighted by Gasteiger charge is -2.03. The zero-order valence-corrected chi connectivity index (χ0v) is 9.55. The van der Waals surface area contributed by atoms with Crippen LogP contribution in [0.2, 0.25) is 0 Å². The third kappa shape index (κ3) is 3.15. The summed E-state index contributed by atoms with van der Waals surface area (Å²) in [5.74, 6) is 0.